The molecule has 1 saturated carbocycles. The number of carbonyl (C=O) groups is 1. The molecule has 0 radical (unpaired) electrons. The zero-order chi connectivity index (χ0) is 15.1. The lowest BCUT2D eigenvalue weighted by Gasteiger charge is -2.21. The first-order valence-corrected chi connectivity index (χ1v) is 8.31. The van der Waals surface area contributed by atoms with Crippen molar-refractivity contribution in [3.05, 3.63) is 29.3 Å². The molecule has 4 nitrogen and oxygen atoms in total. The SMILES string of the molecule is CCN(C(=O)c1cc(S(=O)(=O)Cl)cc(F)c1F)C1CC1. The van der Waals surface area contributed by atoms with Crippen LogP contribution in [-0.4, -0.2) is 31.8 Å². The molecule has 1 aromatic carbocycles. The Morgan fingerprint density at radius 1 is 1.40 bits per heavy atom. The van der Waals surface area contributed by atoms with Crippen molar-refractivity contribution in [2.24, 2.45) is 0 Å². The highest BCUT2D eigenvalue weighted by molar-refractivity contribution is 8.13. The minimum absolute atomic E-state index is 0.00576. The third kappa shape index (κ3) is 2.93. The molecule has 2 rings (SSSR count). The first-order valence-electron chi connectivity index (χ1n) is 6.00. The molecule has 110 valence electrons. The summed E-state index contributed by atoms with van der Waals surface area (Å²) in [6.45, 7) is 2.05. The Morgan fingerprint density at radius 3 is 2.45 bits per heavy atom. The number of nitrogens with zero attached hydrogens (tertiary/aromatic N) is 1. The molecule has 0 heterocycles. The van der Waals surface area contributed by atoms with E-state index < -0.39 is 37.1 Å². The lowest BCUT2D eigenvalue weighted by Crippen LogP contribution is -2.33. The van der Waals surface area contributed by atoms with Crippen molar-refractivity contribution >= 4 is 25.6 Å². The van der Waals surface area contributed by atoms with Crippen LogP contribution in [0.15, 0.2) is 17.0 Å². The quantitative estimate of drug-likeness (QED) is 0.800. The van der Waals surface area contributed by atoms with E-state index in [1.165, 1.54) is 4.90 Å². The van der Waals surface area contributed by atoms with Gasteiger partial charge >= 0.3 is 0 Å². The topological polar surface area (TPSA) is 54.5 Å². The fourth-order valence-corrected chi connectivity index (χ4v) is 2.74. The minimum atomic E-state index is -4.24. The third-order valence-corrected chi connectivity index (χ3v) is 4.44. The maximum absolute atomic E-state index is 13.7. The van der Waals surface area contributed by atoms with Gasteiger partial charge in [-0.3, -0.25) is 4.79 Å². The Morgan fingerprint density at radius 2 is 2.00 bits per heavy atom. The van der Waals surface area contributed by atoms with E-state index in [1.54, 1.807) is 6.92 Å². The van der Waals surface area contributed by atoms with E-state index in [4.69, 9.17) is 10.7 Å². The van der Waals surface area contributed by atoms with E-state index in [-0.39, 0.29) is 6.04 Å². The third-order valence-electron chi connectivity index (χ3n) is 3.10. The van der Waals surface area contributed by atoms with Crippen molar-refractivity contribution in [2.45, 2.75) is 30.7 Å². The molecule has 0 spiro atoms. The van der Waals surface area contributed by atoms with E-state index in [0.29, 0.717) is 12.6 Å². The van der Waals surface area contributed by atoms with Crippen LogP contribution in [0.25, 0.3) is 0 Å². The first kappa shape index (κ1) is 15.2. The monoisotopic (exact) mass is 323 g/mol. The molecule has 0 aromatic heterocycles. The van der Waals surface area contributed by atoms with Gasteiger partial charge < -0.3 is 4.90 Å². The number of halogens is 3. The average Bonchev–Trinajstić information content (AvgIpc) is 3.16. The zero-order valence-electron chi connectivity index (χ0n) is 10.6. The van der Waals surface area contributed by atoms with Gasteiger partial charge in [-0.15, -0.1) is 0 Å². The molecule has 1 fully saturated rings. The summed E-state index contributed by atoms with van der Waals surface area (Å²) >= 11 is 0. The Hall–Kier alpha value is -1.21. The summed E-state index contributed by atoms with van der Waals surface area (Å²) in [6.07, 6.45) is 1.61. The fourth-order valence-electron chi connectivity index (χ4n) is 1.97. The van der Waals surface area contributed by atoms with Gasteiger partial charge in [-0.05, 0) is 31.9 Å². The van der Waals surface area contributed by atoms with Crippen LogP contribution in [0.1, 0.15) is 30.1 Å². The van der Waals surface area contributed by atoms with E-state index in [2.05, 4.69) is 0 Å². The Balaban J connectivity index is 2.49. The van der Waals surface area contributed by atoms with Gasteiger partial charge in [0.25, 0.3) is 15.0 Å². The standard InChI is InChI=1S/C12H12ClF2NO3S/c1-2-16(7-3-4-7)12(17)9-5-8(20(13,18)19)6-10(14)11(9)15/h5-7H,2-4H2,1H3. The van der Waals surface area contributed by atoms with Crippen LogP contribution in [0.3, 0.4) is 0 Å². The van der Waals surface area contributed by atoms with Crippen molar-refractivity contribution < 1.29 is 22.0 Å². The fraction of sp³-hybridized carbons (Fsp3) is 0.417. The molecule has 0 atom stereocenters. The number of carbonyl (C=O) groups excluding carboxylic acids is 1. The van der Waals surface area contributed by atoms with Crippen LogP contribution in [-0.2, 0) is 9.05 Å². The van der Waals surface area contributed by atoms with Crippen LogP contribution < -0.4 is 0 Å². The van der Waals surface area contributed by atoms with Crippen molar-refractivity contribution in [1.82, 2.24) is 4.90 Å². The molecule has 0 bridgehead atoms. The van der Waals surface area contributed by atoms with E-state index in [0.717, 1.165) is 18.9 Å². The number of benzene rings is 1. The molecule has 20 heavy (non-hydrogen) atoms. The molecule has 0 unspecified atom stereocenters. The number of hydrogen-bond acceptors (Lipinski definition) is 3. The molecule has 0 N–H and O–H groups in total. The summed E-state index contributed by atoms with van der Waals surface area (Å²) < 4.78 is 49.6. The lowest BCUT2D eigenvalue weighted by atomic mass is 10.1. The molecule has 0 saturated heterocycles. The van der Waals surface area contributed by atoms with Gasteiger partial charge in [0.2, 0.25) is 0 Å². The van der Waals surface area contributed by atoms with Gasteiger partial charge in [-0.25, -0.2) is 17.2 Å². The predicted molar refractivity (Wildman–Crippen MR) is 69.1 cm³/mol. The van der Waals surface area contributed by atoms with Crippen molar-refractivity contribution in [2.75, 3.05) is 6.54 Å². The van der Waals surface area contributed by atoms with E-state index >= 15 is 0 Å². The summed E-state index contributed by atoms with van der Waals surface area (Å²) in [6, 6.07) is 1.24. The van der Waals surface area contributed by atoms with Crippen LogP contribution in [0.5, 0.6) is 0 Å². The molecule has 1 amide bonds. The van der Waals surface area contributed by atoms with E-state index in [9.17, 15) is 22.0 Å². The molecule has 1 aliphatic carbocycles. The van der Waals surface area contributed by atoms with Crippen LogP contribution in [0.4, 0.5) is 8.78 Å². The Kier molecular flexibility index (Phi) is 4.02. The molecular formula is C12H12ClF2NO3S. The second-order valence-corrected chi connectivity index (χ2v) is 7.09. The highest BCUT2D eigenvalue weighted by Crippen LogP contribution is 2.30. The maximum atomic E-state index is 13.7. The number of amides is 1. The van der Waals surface area contributed by atoms with Crippen LogP contribution >= 0.6 is 10.7 Å². The molecular weight excluding hydrogens is 312 g/mol. The minimum Gasteiger partial charge on any atom is -0.336 e. The summed E-state index contributed by atoms with van der Waals surface area (Å²) in [5.41, 5.74) is -0.613. The smallest absolute Gasteiger partial charge is 0.261 e. The van der Waals surface area contributed by atoms with Crippen LogP contribution in [0.2, 0.25) is 0 Å². The summed E-state index contributed by atoms with van der Waals surface area (Å²) in [4.78, 5) is 13.0. The zero-order valence-corrected chi connectivity index (χ0v) is 12.1. The van der Waals surface area contributed by atoms with Crippen molar-refractivity contribution in [1.29, 1.82) is 0 Å². The van der Waals surface area contributed by atoms with Gasteiger partial charge in [0, 0.05) is 23.3 Å². The number of rotatable bonds is 4. The van der Waals surface area contributed by atoms with Gasteiger partial charge in [0.15, 0.2) is 11.6 Å². The lowest BCUT2D eigenvalue weighted by molar-refractivity contribution is 0.0746. The second kappa shape index (κ2) is 5.29. The predicted octanol–water partition coefficient (Wildman–Crippen LogP) is 2.52. The molecule has 1 aliphatic rings. The van der Waals surface area contributed by atoms with Crippen molar-refractivity contribution in [3.63, 3.8) is 0 Å². The largest absolute Gasteiger partial charge is 0.336 e. The average molecular weight is 324 g/mol. The van der Waals surface area contributed by atoms with Gasteiger partial charge in [-0.2, -0.15) is 0 Å². The highest BCUT2D eigenvalue weighted by Gasteiger charge is 2.34. The van der Waals surface area contributed by atoms with Crippen molar-refractivity contribution in [3.8, 4) is 0 Å². The molecule has 1 aromatic rings. The molecule has 8 heteroatoms. The first-order chi connectivity index (χ1) is 9.25. The van der Waals surface area contributed by atoms with Gasteiger partial charge in [-0.1, -0.05) is 0 Å². The highest BCUT2D eigenvalue weighted by atomic mass is 35.7. The van der Waals surface area contributed by atoms with Crippen LogP contribution in [0, 0.1) is 11.6 Å². The Bertz CT molecular complexity index is 659. The maximum Gasteiger partial charge on any atom is 0.261 e. The summed E-state index contributed by atoms with van der Waals surface area (Å²) in [5, 5.41) is 0. The van der Waals surface area contributed by atoms with E-state index in [1.807, 2.05) is 0 Å². The Labute approximate surface area is 119 Å². The summed E-state index contributed by atoms with van der Waals surface area (Å²) in [5.74, 6) is -3.51. The molecule has 0 aliphatic heterocycles. The normalized spacial score (nSPS) is 15.2. The number of hydrogen-bond donors (Lipinski definition) is 0. The van der Waals surface area contributed by atoms with Gasteiger partial charge in [0.1, 0.15) is 0 Å². The second-order valence-electron chi connectivity index (χ2n) is 4.53. The van der Waals surface area contributed by atoms with Gasteiger partial charge in [0.05, 0.1) is 10.5 Å². The summed E-state index contributed by atoms with van der Waals surface area (Å²) in [7, 11) is 0.866.